The quantitative estimate of drug-likeness (QED) is 0.519. The van der Waals surface area contributed by atoms with E-state index in [1.165, 1.54) is 0 Å². The van der Waals surface area contributed by atoms with E-state index >= 15 is 0 Å². The van der Waals surface area contributed by atoms with E-state index in [2.05, 4.69) is 0 Å². The van der Waals surface area contributed by atoms with Crippen molar-refractivity contribution in [1.29, 1.82) is 0 Å². The fourth-order valence-corrected chi connectivity index (χ4v) is 2.83. The molecule has 1 heterocycles. The SMILES string of the molecule is NCC(=O)N1CCCN(C(=O)CN)CCCN(C(=O)CN)CCC1. The maximum absolute atomic E-state index is 11.9. The molecule has 9 heteroatoms. The van der Waals surface area contributed by atoms with Crippen molar-refractivity contribution in [1.82, 2.24) is 14.7 Å². The van der Waals surface area contributed by atoms with E-state index in [0.29, 0.717) is 58.5 Å². The first-order chi connectivity index (χ1) is 11.5. The van der Waals surface area contributed by atoms with Crippen LogP contribution >= 0.6 is 0 Å². The Morgan fingerprint density at radius 2 is 0.750 bits per heavy atom. The zero-order valence-corrected chi connectivity index (χ0v) is 14.3. The number of nitrogens with zero attached hydrogens (tertiary/aromatic N) is 3. The molecule has 0 bridgehead atoms. The van der Waals surface area contributed by atoms with Gasteiger partial charge in [-0.2, -0.15) is 0 Å². The lowest BCUT2D eigenvalue weighted by atomic mass is 10.2. The Morgan fingerprint density at radius 1 is 0.542 bits per heavy atom. The van der Waals surface area contributed by atoms with Crippen LogP contribution in [-0.2, 0) is 14.4 Å². The second-order valence-corrected chi connectivity index (χ2v) is 5.82. The summed E-state index contributed by atoms with van der Waals surface area (Å²) in [6, 6.07) is 0. The summed E-state index contributed by atoms with van der Waals surface area (Å²) in [4.78, 5) is 40.9. The minimum Gasteiger partial charge on any atom is -0.341 e. The summed E-state index contributed by atoms with van der Waals surface area (Å²) < 4.78 is 0. The van der Waals surface area contributed by atoms with Gasteiger partial charge >= 0.3 is 0 Å². The molecule has 24 heavy (non-hydrogen) atoms. The monoisotopic (exact) mass is 342 g/mol. The normalized spacial score (nSPS) is 17.9. The van der Waals surface area contributed by atoms with Gasteiger partial charge in [0.05, 0.1) is 19.6 Å². The molecular formula is C15H30N6O3. The molecule has 1 rings (SSSR count). The minimum absolute atomic E-state index is 0.0448. The third-order valence-electron chi connectivity index (χ3n) is 4.15. The van der Waals surface area contributed by atoms with Crippen molar-refractivity contribution in [2.45, 2.75) is 19.3 Å². The summed E-state index contributed by atoms with van der Waals surface area (Å²) in [6.45, 7) is 3.09. The molecule has 0 atom stereocenters. The van der Waals surface area contributed by atoms with Crippen LogP contribution in [0.15, 0.2) is 0 Å². The van der Waals surface area contributed by atoms with Crippen LogP contribution in [-0.4, -0.2) is 91.3 Å². The lowest BCUT2D eigenvalue weighted by Gasteiger charge is -2.30. The molecule has 3 amide bonds. The maximum atomic E-state index is 11.9. The first-order valence-electron chi connectivity index (χ1n) is 8.47. The third-order valence-corrected chi connectivity index (χ3v) is 4.15. The molecule has 0 aromatic heterocycles. The van der Waals surface area contributed by atoms with Gasteiger partial charge in [0, 0.05) is 39.3 Å². The number of carbonyl (C=O) groups excluding carboxylic acids is 3. The predicted octanol–water partition coefficient (Wildman–Crippen LogP) is -2.47. The summed E-state index contributed by atoms with van der Waals surface area (Å²) in [5.74, 6) is -0.374. The number of nitrogens with two attached hydrogens (primary N) is 3. The molecule has 0 saturated carbocycles. The smallest absolute Gasteiger partial charge is 0.236 e. The van der Waals surface area contributed by atoms with Gasteiger partial charge in [0.1, 0.15) is 0 Å². The Hall–Kier alpha value is -1.71. The van der Waals surface area contributed by atoms with Crippen LogP contribution in [0.3, 0.4) is 0 Å². The Bertz CT molecular complexity index is 358. The molecule has 0 aromatic carbocycles. The van der Waals surface area contributed by atoms with E-state index in [0.717, 1.165) is 0 Å². The fourth-order valence-electron chi connectivity index (χ4n) is 2.83. The van der Waals surface area contributed by atoms with E-state index in [1.807, 2.05) is 0 Å². The van der Waals surface area contributed by atoms with Crippen molar-refractivity contribution in [3.05, 3.63) is 0 Å². The zero-order chi connectivity index (χ0) is 17.9. The average molecular weight is 342 g/mol. The highest BCUT2D eigenvalue weighted by Crippen LogP contribution is 2.05. The van der Waals surface area contributed by atoms with Gasteiger partial charge in [0.25, 0.3) is 0 Å². The molecule has 0 aromatic rings. The van der Waals surface area contributed by atoms with Gasteiger partial charge in [0.2, 0.25) is 17.7 Å². The van der Waals surface area contributed by atoms with Gasteiger partial charge in [-0.3, -0.25) is 14.4 Å². The van der Waals surface area contributed by atoms with Crippen molar-refractivity contribution in [3.63, 3.8) is 0 Å². The van der Waals surface area contributed by atoms with E-state index < -0.39 is 0 Å². The minimum atomic E-state index is -0.125. The number of rotatable bonds is 3. The summed E-state index contributed by atoms with van der Waals surface area (Å²) in [6.07, 6.45) is 2.05. The molecule has 0 spiro atoms. The van der Waals surface area contributed by atoms with Crippen LogP contribution in [0.25, 0.3) is 0 Å². The van der Waals surface area contributed by atoms with Crippen LogP contribution in [0, 0.1) is 0 Å². The summed E-state index contributed by atoms with van der Waals surface area (Å²) in [5.41, 5.74) is 16.4. The molecule has 9 nitrogen and oxygen atoms in total. The molecule has 0 aliphatic carbocycles. The van der Waals surface area contributed by atoms with Gasteiger partial charge < -0.3 is 31.9 Å². The van der Waals surface area contributed by atoms with E-state index in [1.54, 1.807) is 14.7 Å². The summed E-state index contributed by atoms with van der Waals surface area (Å²) >= 11 is 0. The lowest BCUT2D eigenvalue weighted by Crippen LogP contribution is -2.45. The molecule has 1 aliphatic heterocycles. The summed E-state index contributed by atoms with van der Waals surface area (Å²) in [5, 5.41) is 0. The number of hydrogen-bond donors (Lipinski definition) is 3. The highest BCUT2D eigenvalue weighted by atomic mass is 16.2. The predicted molar refractivity (Wildman–Crippen MR) is 90.8 cm³/mol. The fraction of sp³-hybridized carbons (Fsp3) is 0.800. The Kier molecular flexibility index (Phi) is 9.28. The van der Waals surface area contributed by atoms with Crippen LogP contribution in [0.2, 0.25) is 0 Å². The van der Waals surface area contributed by atoms with Crippen molar-refractivity contribution >= 4 is 17.7 Å². The van der Waals surface area contributed by atoms with E-state index in [-0.39, 0.29) is 37.4 Å². The molecular weight excluding hydrogens is 312 g/mol. The topological polar surface area (TPSA) is 139 Å². The molecule has 138 valence electrons. The van der Waals surface area contributed by atoms with Crippen LogP contribution in [0.5, 0.6) is 0 Å². The lowest BCUT2D eigenvalue weighted by molar-refractivity contribution is -0.131. The van der Waals surface area contributed by atoms with Crippen molar-refractivity contribution in [2.24, 2.45) is 17.2 Å². The van der Waals surface area contributed by atoms with Crippen molar-refractivity contribution in [2.75, 3.05) is 58.9 Å². The maximum Gasteiger partial charge on any atom is 0.236 e. The molecule has 1 fully saturated rings. The first kappa shape index (κ1) is 20.3. The van der Waals surface area contributed by atoms with Gasteiger partial charge in [-0.15, -0.1) is 0 Å². The molecule has 0 unspecified atom stereocenters. The molecule has 1 aliphatic rings. The Morgan fingerprint density at radius 3 is 0.917 bits per heavy atom. The summed E-state index contributed by atoms with van der Waals surface area (Å²) in [7, 11) is 0. The zero-order valence-electron chi connectivity index (χ0n) is 14.3. The second kappa shape index (κ2) is 11.0. The van der Waals surface area contributed by atoms with Crippen molar-refractivity contribution < 1.29 is 14.4 Å². The third kappa shape index (κ3) is 6.42. The Labute approximate surface area is 143 Å². The average Bonchev–Trinajstić information content (AvgIpc) is 2.60. The second-order valence-electron chi connectivity index (χ2n) is 5.82. The first-order valence-corrected chi connectivity index (χ1v) is 8.47. The van der Waals surface area contributed by atoms with Gasteiger partial charge in [-0.1, -0.05) is 0 Å². The van der Waals surface area contributed by atoms with Crippen LogP contribution in [0.1, 0.15) is 19.3 Å². The molecule has 0 radical (unpaired) electrons. The van der Waals surface area contributed by atoms with E-state index in [9.17, 15) is 14.4 Å². The highest BCUT2D eigenvalue weighted by molar-refractivity contribution is 5.79. The van der Waals surface area contributed by atoms with Gasteiger partial charge in [-0.25, -0.2) is 0 Å². The number of carbonyl (C=O) groups is 3. The Balaban J connectivity index is 2.79. The highest BCUT2D eigenvalue weighted by Gasteiger charge is 2.18. The standard InChI is InChI=1S/C15H30N6O3/c16-10-13(22)19-4-1-5-20(14(23)11-17)7-3-9-21(8-2-6-19)15(24)12-18/h1-12,16-18H2. The van der Waals surface area contributed by atoms with Gasteiger partial charge in [0.15, 0.2) is 0 Å². The van der Waals surface area contributed by atoms with Crippen LogP contribution in [0.4, 0.5) is 0 Å². The van der Waals surface area contributed by atoms with Crippen LogP contribution < -0.4 is 17.2 Å². The molecule has 6 N–H and O–H groups in total. The number of hydrogen-bond acceptors (Lipinski definition) is 6. The number of amides is 3. The molecule has 1 saturated heterocycles. The van der Waals surface area contributed by atoms with Crippen molar-refractivity contribution in [3.8, 4) is 0 Å². The van der Waals surface area contributed by atoms with E-state index in [4.69, 9.17) is 17.2 Å². The van der Waals surface area contributed by atoms with Gasteiger partial charge in [-0.05, 0) is 19.3 Å². The largest absolute Gasteiger partial charge is 0.341 e.